The Labute approximate surface area is 192 Å². The van der Waals surface area contributed by atoms with Crippen molar-refractivity contribution in [3.05, 3.63) is 29.3 Å². The Hall–Kier alpha value is -2.08. The van der Waals surface area contributed by atoms with E-state index in [0.717, 1.165) is 12.8 Å². The fourth-order valence-corrected chi connectivity index (χ4v) is 3.76. The van der Waals surface area contributed by atoms with Gasteiger partial charge in [0.05, 0.1) is 23.1 Å². The Morgan fingerprint density at radius 3 is 2.16 bits per heavy atom. The van der Waals surface area contributed by atoms with Gasteiger partial charge in [0.25, 0.3) is 0 Å². The maximum absolute atomic E-state index is 12.5. The van der Waals surface area contributed by atoms with Crippen molar-refractivity contribution < 1.29 is 28.9 Å². The second-order valence-corrected chi connectivity index (χ2v) is 9.65. The molecule has 0 bridgehead atoms. The summed E-state index contributed by atoms with van der Waals surface area (Å²) >= 11 is 0. The zero-order valence-corrected chi connectivity index (χ0v) is 20.2. The fraction of sp³-hybridized carbons (Fsp3) is 0.692. The van der Waals surface area contributed by atoms with Crippen LogP contribution in [0.3, 0.4) is 0 Å². The number of carbonyl (C=O) groups excluding carboxylic acids is 2. The lowest BCUT2D eigenvalue weighted by Crippen LogP contribution is -2.40. The number of fused-ring (bicyclic) bond motifs is 1. The molecule has 180 valence electrons. The first kappa shape index (κ1) is 26.2. The van der Waals surface area contributed by atoms with Gasteiger partial charge in [-0.05, 0) is 39.3 Å². The summed E-state index contributed by atoms with van der Waals surface area (Å²) in [5.41, 5.74) is -0.276. The van der Waals surface area contributed by atoms with Crippen LogP contribution < -0.4 is 4.74 Å². The monoisotopic (exact) mass is 448 g/mol. The van der Waals surface area contributed by atoms with Crippen LogP contribution in [0.15, 0.2) is 18.2 Å². The van der Waals surface area contributed by atoms with E-state index in [0.29, 0.717) is 12.4 Å². The molecular weight excluding hydrogens is 408 g/mol. The Bertz CT molecular complexity index is 751. The highest BCUT2D eigenvalue weighted by Gasteiger charge is 2.52. The topological polar surface area (TPSA) is 82.1 Å². The number of esters is 2. The Kier molecular flexibility index (Phi) is 10.0. The molecule has 6 heteroatoms. The normalized spacial score (nSPS) is 17.7. The lowest BCUT2D eigenvalue weighted by Gasteiger charge is -2.30. The van der Waals surface area contributed by atoms with Crippen LogP contribution >= 0.6 is 0 Å². The zero-order chi connectivity index (χ0) is 23.6. The molecule has 0 saturated heterocycles. The molecule has 0 aromatic heterocycles. The number of unbranched alkanes of at least 4 members (excludes halogenated alkanes) is 9. The smallest absolute Gasteiger partial charge is 0.342 e. The average Bonchev–Trinajstić information content (AvgIpc) is 3.04. The van der Waals surface area contributed by atoms with Gasteiger partial charge in [-0.3, -0.25) is 4.79 Å². The van der Waals surface area contributed by atoms with Gasteiger partial charge in [-0.25, -0.2) is 4.79 Å². The van der Waals surface area contributed by atoms with Crippen LogP contribution in [-0.2, 0) is 20.1 Å². The van der Waals surface area contributed by atoms with Crippen LogP contribution in [0.5, 0.6) is 5.75 Å². The van der Waals surface area contributed by atoms with Crippen LogP contribution in [-0.4, -0.2) is 30.3 Å². The maximum atomic E-state index is 12.5. The Morgan fingerprint density at radius 2 is 1.59 bits per heavy atom. The lowest BCUT2D eigenvalue weighted by molar-refractivity contribution is -0.230. The van der Waals surface area contributed by atoms with E-state index in [-0.39, 0.29) is 11.1 Å². The second-order valence-electron chi connectivity index (χ2n) is 9.65. The molecule has 0 unspecified atom stereocenters. The number of hydrogen-bond donors (Lipinski definition) is 1. The van der Waals surface area contributed by atoms with E-state index in [4.69, 9.17) is 14.2 Å². The molecule has 6 nitrogen and oxygen atoms in total. The first-order valence-electron chi connectivity index (χ1n) is 12.1. The zero-order valence-electron chi connectivity index (χ0n) is 20.2. The predicted molar refractivity (Wildman–Crippen MR) is 124 cm³/mol. The summed E-state index contributed by atoms with van der Waals surface area (Å²) in [6.45, 7) is 7.14. The third-order valence-corrected chi connectivity index (χ3v) is 5.72. The Morgan fingerprint density at radius 1 is 1.00 bits per heavy atom. The molecule has 1 aromatic rings. The molecule has 32 heavy (non-hydrogen) atoms. The molecule has 0 saturated carbocycles. The minimum atomic E-state index is -1.87. The van der Waals surface area contributed by atoms with Gasteiger partial charge in [-0.2, -0.15) is 0 Å². The number of hydrogen-bond acceptors (Lipinski definition) is 6. The third-order valence-electron chi connectivity index (χ3n) is 5.72. The van der Waals surface area contributed by atoms with E-state index in [1.807, 2.05) is 0 Å². The van der Waals surface area contributed by atoms with Crippen molar-refractivity contribution in [2.45, 2.75) is 97.7 Å². The summed E-state index contributed by atoms with van der Waals surface area (Å²) in [5.74, 6) is -2.68. The van der Waals surface area contributed by atoms with Crippen LogP contribution in [0.4, 0.5) is 0 Å². The average molecular weight is 449 g/mol. The van der Waals surface area contributed by atoms with E-state index < -0.39 is 29.7 Å². The maximum Gasteiger partial charge on any atom is 0.342 e. The molecule has 0 radical (unpaired) electrons. The molecule has 0 aliphatic carbocycles. The van der Waals surface area contributed by atoms with Crippen LogP contribution in [0.2, 0.25) is 0 Å². The predicted octanol–water partition coefficient (Wildman–Crippen LogP) is 5.89. The molecule has 1 N–H and O–H groups in total. The fourth-order valence-electron chi connectivity index (χ4n) is 3.76. The van der Waals surface area contributed by atoms with Gasteiger partial charge in [-0.1, -0.05) is 70.8 Å². The van der Waals surface area contributed by atoms with Crippen molar-refractivity contribution in [3.8, 4) is 5.75 Å². The van der Waals surface area contributed by atoms with E-state index in [1.165, 1.54) is 51.4 Å². The number of cyclic esters (lactones) is 1. The van der Waals surface area contributed by atoms with Gasteiger partial charge in [0, 0.05) is 0 Å². The molecule has 1 atom stereocenters. The molecule has 0 spiro atoms. The van der Waals surface area contributed by atoms with Gasteiger partial charge in [0.15, 0.2) is 0 Å². The van der Waals surface area contributed by atoms with E-state index >= 15 is 0 Å². The van der Waals surface area contributed by atoms with Gasteiger partial charge >= 0.3 is 17.7 Å². The summed E-state index contributed by atoms with van der Waals surface area (Å²) in [6, 6.07) is 5.01. The number of benzene rings is 1. The van der Waals surface area contributed by atoms with Crippen molar-refractivity contribution in [3.63, 3.8) is 0 Å². The summed E-state index contributed by atoms with van der Waals surface area (Å²) in [6.07, 6.45) is 12.3. The molecule has 1 heterocycles. The first-order valence-corrected chi connectivity index (χ1v) is 12.1. The van der Waals surface area contributed by atoms with Crippen molar-refractivity contribution in [1.82, 2.24) is 0 Å². The summed E-state index contributed by atoms with van der Waals surface area (Å²) in [5, 5.41) is 10.1. The summed E-state index contributed by atoms with van der Waals surface area (Å²) < 4.78 is 16.9. The molecule has 0 amide bonds. The van der Waals surface area contributed by atoms with Crippen molar-refractivity contribution in [2.75, 3.05) is 13.2 Å². The summed E-state index contributed by atoms with van der Waals surface area (Å²) in [4.78, 5) is 24.9. The number of ether oxygens (including phenoxy) is 3. The largest absolute Gasteiger partial charge is 0.493 e. The van der Waals surface area contributed by atoms with E-state index in [9.17, 15) is 14.7 Å². The molecule has 2 rings (SSSR count). The van der Waals surface area contributed by atoms with Crippen LogP contribution in [0.1, 0.15) is 108 Å². The number of rotatable bonds is 14. The molecule has 1 aliphatic heterocycles. The lowest BCUT2D eigenvalue weighted by atomic mass is 9.96. The number of aliphatic hydroxyl groups is 1. The van der Waals surface area contributed by atoms with Gasteiger partial charge < -0.3 is 19.3 Å². The molecular formula is C26H40O6. The highest BCUT2D eigenvalue weighted by atomic mass is 16.7. The number of aliphatic hydroxyl groups excluding tert-OH is 1. The van der Waals surface area contributed by atoms with Gasteiger partial charge in [0.1, 0.15) is 12.4 Å². The van der Waals surface area contributed by atoms with E-state index in [2.05, 4.69) is 6.92 Å². The first-order chi connectivity index (χ1) is 15.2. The molecule has 1 aromatic carbocycles. The van der Waals surface area contributed by atoms with Crippen LogP contribution in [0, 0.1) is 5.41 Å². The highest BCUT2D eigenvalue weighted by Crippen LogP contribution is 2.44. The molecule has 0 fully saturated rings. The standard InChI is InChI=1S/C26H40O6/c1-5-6-7-8-9-10-11-12-13-14-18-30-21-17-15-16-20-22(21)26(19-27,31-23(20)28)32-24(29)25(2,3)4/h15-17,27H,5-14,18-19H2,1-4H3/t26-/m1/s1. The highest BCUT2D eigenvalue weighted by molar-refractivity contribution is 5.96. The molecule has 1 aliphatic rings. The SMILES string of the molecule is CCCCCCCCCCCCOc1cccc2c1[C@@](CO)(OC(=O)C(C)(C)C)OC2=O. The van der Waals surface area contributed by atoms with Gasteiger partial charge in [-0.15, -0.1) is 0 Å². The number of carbonyl (C=O) groups is 2. The van der Waals surface area contributed by atoms with Crippen molar-refractivity contribution in [1.29, 1.82) is 0 Å². The second kappa shape index (κ2) is 12.2. The third kappa shape index (κ3) is 6.96. The quantitative estimate of drug-likeness (QED) is 0.282. The Balaban J connectivity index is 1.91. The van der Waals surface area contributed by atoms with Crippen LogP contribution in [0.25, 0.3) is 0 Å². The summed E-state index contributed by atoms with van der Waals surface area (Å²) in [7, 11) is 0. The minimum absolute atomic E-state index is 0.251. The van der Waals surface area contributed by atoms with Crippen molar-refractivity contribution in [2.24, 2.45) is 5.41 Å². The van der Waals surface area contributed by atoms with Gasteiger partial charge in [0.2, 0.25) is 0 Å². The minimum Gasteiger partial charge on any atom is -0.493 e. The van der Waals surface area contributed by atoms with E-state index in [1.54, 1.807) is 39.0 Å². The van der Waals surface area contributed by atoms with Crippen molar-refractivity contribution >= 4 is 11.9 Å².